The van der Waals surface area contributed by atoms with Gasteiger partial charge in [-0.1, -0.05) is 6.07 Å². The number of nitrogens with zero attached hydrogens (tertiary/aromatic N) is 1. The summed E-state index contributed by atoms with van der Waals surface area (Å²) in [5.41, 5.74) is 2.24. The summed E-state index contributed by atoms with van der Waals surface area (Å²) in [6.45, 7) is 5.62. The number of rotatable bonds is 4. The van der Waals surface area contributed by atoms with Crippen LogP contribution in [-0.4, -0.2) is 44.3 Å². The number of carbonyl (C=O) groups is 1. The van der Waals surface area contributed by atoms with Crippen molar-refractivity contribution in [2.75, 3.05) is 25.0 Å². The van der Waals surface area contributed by atoms with Crippen LogP contribution in [0, 0.1) is 10.5 Å². The molecule has 144 valence electrons. The molecule has 2 N–H and O–H groups in total. The molecule has 1 heterocycles. The van der Waals surface area contributed by atoms with E-state index in [-0.39, 0.29) is 16.8 Å². The molecule has 1 saturated heterocycles. The molecule has 3 rings (SSSR count). The molecule has 2 aromatic rings. The Labute approximate surface area is 173 Å². The summed E-state index contributed by atoms with van der Waals surface area (Å²) < 4.78 is 28.2. The summed E-state index contributed by atoms with van der Waals surface area (Å²) in [5, 5.41) is 6.00. The largest absolute Gasteiger partial charge is 0.322 e. The number of sulfonamides is 1. The van der Waals surface area contributed by atoms with E-state index in [0.717, 1.165) is 9.13 Å². The van der Waals surface area contributed by atoms with E-state index in [1.165, 1.54) is 4.31 Å². The molecule has 2 aromatic carbocycles. The van der Waals surface area contributed by atoms with Crippen molar-refractivity contribution in [2.24, 2.45) is 0 Å². The van der Waals surface area contributed by atoms with Gasteiger partial charge in [-0.05, 0) is 78.4 Å². The summed E-state index contributed by atoms with van der Waals surface area (Å²) in [6, 6.07) is 11.7. The Morgan fingerprint density at radius 2 is 1.93 bits per heavy atom. The fraction of sp³-hybridized carbons (Fsp3) is 0.316. The van der Waals surface area contributed by atoms with Gasteiger partial charge < -0.3 is 10.6 Å². The fourth-order valence-corrected chi connectivity index (χ4v) is 5.11. The predicted molar refractivity (Wildman–Crippen MR) is 115 cm³/mol. The zero-order chi connectivity index (χ0) is 19.6. The average molecular weight is 499 g/mol. The molecule has 0 aromatic heterocycles. The number of amides is 1. The maximum atomic E-state index is 12.8. The molecule has 1 atom stereocenters. The number of benzene rings is 2. The molecule has 1 amide bonds. The van der Waals surface area contributed by atoms with Crippen LogP contribution in [-0.2, 0) is 10.0 Å². The zero-order valence-corrected chi connectivity index (χ0v) is 18.2. The Bertz CT molecular complexity index is 945. The van der Waals surface area contributed by atoms with Gasteiger partial charge in [0.1, 0.15) is 0 Å². The Kier molecular flexibility index (Phi) is 6.19. The summed E-state index contributed by atoms with van der Waals surface area (Å²) in [7, 11) is -3.54. The van der Waals surface area contributed by atoms with E-state index in [2.05, 4.69) is 33.2 Å². The molecule has 0 aliphatic carbocycles. The van der Waals surface area contributed by atoms with E-state index in [0.29, 0.717) is 30.9 Å². The molecule has 0 unspecified atom stereocenters. The van der Waals surface area contributed by atoms with Crippen LogP contribution in [0.2, 0.25) is 0 Å². The van der Waals surface area contributed by atoms with Crippen LogP contribution in [0.25, 0.3) is 0 Å². The lowest BCUT2D eigenvalue weighted by Gasteiger charge is -2.32. The first kappa shape index (κ1) is 20.2. The first-order valence-corrected chi connectivity index (χ1v) is 11.2. The lowest BCUT2D eigenvalue weighted by atomic mass is 10.1. The Balaban J connectivity index is 1.75. The molecule has 0 bridgehead atoms. The van der Waals surface area contributed by atoms with Crippen molar-refractivity contribution in [3.8, 4) is 0 Å². The van der Waals surface area contributed by atoms with Crippen LogP contribution in [0.5, 0.6) is 0 Å². The molecule has 1 aliphatic heterocycles. The topological polar surface area (TPSA) is 78.5 Å². The highest BCUT2D eigenvalue weighted by Crippen LogP contribution is 2.22. The molecule has 6 nitrogen and oxygen atoms in total. The first-order valence-electron chi connectivity index (χ1n) is 8.69. The maximum Gasteiger partial charge on any atom is 0.255 e. The lowest BCUT2D eigenvalue weighted by molar-refractivity contribution is 0.102. The van der Waals surface area contributed by atoms with Crippen molar-refractivity contribution in [2.45, 2.75) is 24.8 Å². The Morgan fingerprint density at radius 3 is 2.56 bits per heavy atom. The minimum atomic E-state index is -3.54. The van der Waals surface area contributed by atoms with Crippen molar-refractivity contribution < 1.29 is 13.2 Å². The highest BCUT2D eigenvalue weighted by atomic mass is 127. The second kappa shape index (κ2) is 8.26. The summed E-state index contributed by atoms with van der Waals surface area (Å²) in [6.07, 6.45) is 0. The van der Waals surface area contributed by atoms with Crippen molar-refractivity contribution in [1.29, 1.82) is 0 Å². The van der Waals surface area contributed by atoms with Gasteiger partial charge in [-0.15, -0.1) is 0 Å². The number of anilines is 1. The minimum Gasteiger partial charge on any atom is -0.322 e. The molecular weight excluding hydrogens is 477 g/mol. The molecule has 8 heteroatoms. The molecule has 1 aliphatic rings. The number of piperazine rings is 1. The van der Waals surface area contributed by atoms with Gasteiger partial charge in [-0.25, -0.2) is 8.42 Å². The van der Waals surface area contributed by atoms with Crippen LogP contribution < -0.4 is 10.6 Å². The number of hydrogen-bond donors (Lipinski definition) is 2. The van der Waals surface area contributed by atoms with Gasteiger partial charge in [0, 0.05) is 40.5 Å². The van der Waals surface area contributed by atoms with Gasteiger partial charge in [0.15, 0.2) is 0 Å². The van der Waals surface area contributed by atoms with Crippen molar-refractivity contribution in [1.82, 2.24) is 9.62 Å². The van der Waals surface area contributed by atoms with Gasteiger partial charge in [-0.3, -0.25) is 4.79 Å². The molecule has 1 fully saturated rings. The first-order chi connectivity index (χ1) is 12.8. The summed E-state index contributed by atoms with van der Waals surface area (Å²) in [4.78, 5) is 12.6. The SMILES string of the molecule is Cc1ccc(C(=O)Nc2ccc(S(=O)(=O)N3CCNC[C@@H]3C)cc2)cc1I. The van der Waals surface area contributed by atoms with Gasteiger partial charge >= 0.3 is 0 Å². The molecule has 0 spiro atoms. The second-order valence-electron chi connectivity index (χ2n) is 6.61. The third kappa shape index (κ3) is 4.50. The monoisotopic (exact) mass is 499 g/mol. The minimum absolute atomic E-state index is 0.0906. The Hall–Kier alpha value is -1.49. The molecule has 0 radical (unpaired) electrons. The summed E-state index contributed by atoms with van der Waals surface area (Å²) >= 11 is 2.19. The predicted octanol–water partition coefficient (Wildman–Crippen LogP) is 2.83. The van der Waals surface area contributed by atoms with Crippen molar-refractivity contribution in [3.63, 3.8) is 0 Å². The number of carbonyl (C=O) groups excluding carboxylic acids is 1. The van der Waals surface area contributed by atoms with Gasteiger partial charge in [0.2, 0.25) is 10.0 Å². The third-order valence-corrected chi connectivity index (χ3v) is 7.78. The fourth-order valence-electron chi connectivity index (χ4n) is 2.96. The molecular formula is C19H22IN3O3S. The number of halogens is 1. The second-order valence-corrected chi connectivity index (χ2v) is 9.66. The number of aryl methyl sites for hydroxylation is 1. The van der Waals surface area contributed by atoms with Gasteiger partial charge in [0.25, 0.3) is 5.91 Å². The van der Waals surface area contributed by atoms with Gasteiger partial charge in [0.05, 0.1) is 4.90 Å². The quantitative estimate of drug-likeness (QED) is 0.635. The van der Waals surface area contributed by atoms with Crippen LogP contribution in [0.15, 0.2) is 47.4 Å². The van der Waals surface area contributed by atoms with E-state index in [4.69, 9.17) is 0 Å². The molecule has 27 heavy (non-hydrogen) atoms. The lowest BCUT2D eigenvalue weighted by Crippen LogP contribution is -2.52. The van der Waals surface area contributed by atoms with Crippen molar-refractivity contribution >= 4 is 44.2 Å². The normalized spacial score (nSPS) is 18.3. The van der Waals surface area contributed by atoms with E-state index < -0.39 is 10.0 Å². The van der Waals surface area contributed by atoms with Crippen molar-refractivity contribution in [3.05, 3.63) is 57.2 Å². The van der Waals surface area contributed by atoms with Gasteiger partial charge in [-0.2, -0.15) is 4.31 Å². The standard InChI is InChI=1S/C19H22IN3O3S/c1-13-3-4-15(11-18(13)20)19(24)22-16-5-7-17(8-6-16)27(25,26)23-10-9-21-12-14(23)2/h3-8,11,14,21H,9-10,12H2,1-2H3,(H,22,24)/t14-/m0/s1. The van der Waals surface area contributed by atoms with Crippen LogP contribution in [0.4, 0.5) is 5.69 Å². The van der Waals surface area contributed by atoms with Crippen LogP contribution >= 0.6 is 22.6 Å². The zero-order valence-electron chi connectivity index (χ0n) is 15.2. The van der Waals surface area contributed by atoms with E-state index >= 15 is 0 Å². The van der Waals surface area contributed by atoms with E-state index in [1.54, 1.807) is 30.3 Å². The van der Waals surface area contributed by atoms with Crippen LogP contribution in [0.3, 0.4) is 0 Å². The average Bonchev–Trinajstić information content (AvgIpc) is 2.64. The van der Waals surface area contributed by atoms with Crippen LogP contribution in [0.1, 0.15) is 22.8 Å². The molecule has 0 saturated carbocycles. The highest BCUT2D eigenvalue weighted by molar-refractivity contribution is 14.1. The Morgan fingerprint density at radius 1 is 1.22 bits per heavy atom. The summed E-state index contributed by atoms with van der Waals surface area (Å²) in [5.74, 6) is -0.223. The van der Waals surface area contributed by atoms with E-state index in [9.17, 15) is 13.2 Å². The smallest absolute Gasteiger partial charge is 0.255 e. The van der Waals surface area contributed by atoms with E-state index in [1.807, 2.05) is 26.0 Å². The highest BCUT2D eigenvalue weighted by Gasteiger charge is 2.30. The third-order valence-electron chi connectivity index (χ3n) is 4.59. The number of nitrogens with one attached hydrogen (secondary N) is 2. The maximum absolute atomic E-state index is 12.8. The number of hydrogen-bond acceptors (Lipinski definition) is 4.